The zero-order valence-electron chi connectivity index (χ0n) is 23.0. The molecule has 8 heteroatoms. The monoisotopic (exact) mass is 528 g/mol. The van der Waals surface area contributed by atoms with Crippen molar-refractivity contribution in [1.82, 2.24) is 0 Å². The van der Waals surface area contributed by atoms with Gasteiger partial charge in [-0.25, -0.2) is 4.79 Å². The highest BCUT2D eigenvalue weighted by Gasteiger charge is 2.82. The molecule has 0 radical (unpaired) electrons. The van der Waals surface area contributed by atoms with E-state index in [-0.39, 0.29) is 41.5 Å². The van der Waals surface area contributed by atoms with E-state index in [9.17, 15) is 24.6 Å². The van der Waals surface area contributed by atoms with Crippen LogP contribution in [0.3, 0.4) is 0 Å². The molecule has 13 atom stereocenters. The third-order valence-corrected chi connectivity index (χ3v) is 13.3. The van der Waals surface area contributed by atoms with Gasteiger partial charge in [0.25, 0.3) is 0 Å². The Morgan fingerprint density at radius 2 is 1.74 bits per heavy atom. The van der Waals surface area contributed by atoms with Gasteiger partial charge < -0.3 is 24.4 Å². The summed E-state index contributed by atoms with van der Waals surface area (Å²) < 4.78 is 18.2. The van der Waals surface area contributed by atoms with Crippen molar-refractivity contribution < 1.29 is 38.8 Å². The first-order valence-corrected chi connectivity index (χ1v) is 14.4. The lowest BCUT2D eigenvalue weighted by molar-refractivity contribution is -0.205. The van der Waals surface area contributed by atoms with Crippen LogP contribution in [-0.4, -0.2) is 63.0 Å². The van der Waals surface area contributed by atoms with Gasteiger partial charge in [0.1, 0.15) is 23.9 Å². The van der Waals surface area contributed by atoms with Crippen LogP contribution in [0.2, 0.25) is 0 Å². The summed E-state index contributed by atoms with van der Waals surface area (Å²) in [4.78, 5) is 38.6. The standard InChI is InChI=1S/C30H40O8/c1-15(31)36-22-21-16-9-12-29(35,18-13-25(2)14-19(18)37-24(33)28(25,5)34)26(16,3)11-8-17(21)27(4)20(32)7-6-10-30(27)23(22)38-30/h6-7,16-19,21-23,34-35H,8-14H2,1-5H3/t16-,17-,18-,19+,21-,22-,23+,25+,26-,27-,28-,29+,30+/m0/s1. The van der Waals surface area contributed by atoms with Gasteiger partial charge in [-0.1, -0.05) is 19.9 Å². The van der Waals surface area contributed by atoms with Crippen molar-refractivity contribution in [3.63, 3.8) is 0 Å². The van der Waals surface area contributed by atoms with Gasteiger partial charge in [0, 0.05) is 24.2 Å². The Kier molecular flexibility index (Phi) is 4.71. The summed E-state index contributed by atoms with van der Waals surface area (Å²) in [5, 5.41) is 23.7. The van der Waals surface area contributed by atoms with Gasteiger partial charge in [-0.3, -0.25) is 9.59 Å². The van der Waals surface area contributed by atoms with Crippen LogP contribution < -0.4 is 0 Å². The van der Waals surface area contributed by atoms with Crippen LogP contribution in [0.25, 0.3) is 0 Å². The molecule has 6 fully saturated rings. The molecule has 7 rings (SSSR count). The van der Waals surface area contributed by atoms with E-state index in [1.807, 2.05) is 19.9 Å². The van der Waals surface area contributed by atoms with E-state index >= 15 is 0 Å². The highest BCUT2D eigenvalue weighted by Crippen LogP contribution is 2.75. The van der Waals surface area contributed by atoms with Gasteiger partial charge in [0.2, 0.25) is 0 Å². The zero-order chi connectivity index (χ0) is 27.3. The predicted octanol–water partition coefficient (Wildman–Crippen LogP) is 2.87. The van der Waals surface area contributed by atoms with E-state index < -0.39 is 51.2 Å². The van der Waals surface area contributed by atoms with Crippen molar-refractivity contribution in [2.45, 2.75) is 115 Å². The first kappa shape index (κ1) is 25.2. The summed E-state index contributed by atoms with van der Waals surface area (Å²) in [6.07, 6.45) is 6.75. The van der Waals surface area contributed by atoms with E-state index in [4.69, 9.17) is 14.2 Å². The summed E-state index contributed by atoms with van der Waals surface area (Å²) in [7, 11) is 0. The quantitative estimate of drug-likeness (QED) is 0.414. The summed E-state index contributed by atoms with van der Waals surface area (Å²) >= 11 is 0. The Bertz CT molecular complexity index is 1180. The van der Waals surface area contributed by atoms with Crippen LogP contribution in [0.4, 0.5) is 0 Å². The van der Waals surface area contributed by atoms with Gasteiger partial charge in [-0.2, -0.15) is 0 Å². The Balaban J connectivity index is 1.29. The number of hydrogen-bond acceptors (Lipinski definition) is 8. The first-order valence-electron chi connectivity index (χ1n) is 14.4. The molecule has 2 heterocycles. The van der Waals surface area contributed by atoms with Gasteiger partial charge in [0.15, 0.2) is 11.4 Å². The lowest BCUT2D eigenvalue weighted by Crippen LogP contribution is -2.66. The zero-order valence-corrected chi connectivity index (χ0v) is 23.0. The highest BCUT2D eigenvalue weighted by atomic mass is 16.6. The molecule has 0 amide bonds. The second-order valence-electron chi connectivity index (χ2n) is 14.5. The number of ketones is 1. The van der Waals surface area contributed by atoms with Crippen LogP contribution in [-0.2, 0) is 28.6 Å². The normalized spacial score (nSPS) is 59.8. The van der Waals surface area contributed by atoms with E-state index in [0.29, 0.717) is 25.7 Å². The number of esters is 2. The SMILES string of the molecule is CC(=O)O[C@H]1[C@H]2[C@@H]3CC[C@@](O)([C@H]4C[C@]5(C)C[C@H]4OC(=O)[C@]5(C)O)[C@@]3(C)CC[C@@H]2[C@@]2(C)C(=O)C=CC[C@]23O[C@H]13. The van der Waals surface area contributed by atoms with Crippen molar-refractivity contribution in [1.29, 1.82) is 0 Å². The van der Waals surface area contributed by atoms with E-state index in [0.717, 1.165) is 19.3 Å². The number of epoxide rings is 1. The van der Waals surface area contributed by atoms with Gasteiger partial charge in [0.05, 0.1) is 11.0 Å². The topological polar surface area (TPSA) is 123 Å². The maximum atomic E-state index is 13.5. The molecule has 38 heavy (non-hydrogen) atoms. The fourth-order valence-electron chi connectivity index (χ4n) is 10.8. The van der Waals surface area contributed by atoms with Crippen molar-refractivity contribution in [2.75, 3.05) is 0 Å². The third kappa shape index (κ3) is 2.57. The van der Waals surface area contributed by atoms with Crippen LogP contribution in [0.15, 0.2) is 12.2 Å². The molecule has 8 nitrogen and oxygen atoms in total. The average molecular weight is 529 g/mol. The van der Waals surface area contributed by atoms with Gasteiger partial charge in [-0.05, 0) is 82.1 Å². The fourth-order valence-corrected chi connectivity index (χ4v) is 10.8. The van der Waals surface area contributed by atoms with Crippen LogP contribution >= 0.6 is 0 Å². The molecule has 0 aromatic rings. The minimum atomic E-state index is -1.59. The summed E-state index contributed by atoms with van der Waals surface area (Å²) in [5.41, 5.74) is -5.21. The largest absolute Gasteiger partial charge is 0.460 e. The van der Waals surface area contributed by atoms with Crippen LogP contribution in [0.5, 0.6) is 0 Å². The number of carbonyl (C=O) groups excluding carboxylic acids is 3. The first-order chi connectivity index (χ1) is 17.7. The molecule has 208 valence electrons. The number of aliphatic hydroxyl groups is 2. The lowest BCUT2D eigenvalue weighted by atomic mass is 9.43. The minimum absolute atomic E-state index is 0.0119. The highest BCUT2D eigenvalue weighted by molar-refractivity contribution is 5.98. The molecule has 0 aromatic carbocycles. The third-order valence-electron chi connectivity index (χ3n) is 13.3. The minimum Gasteiger partial charge on any atom is -0.460 e. The molecule has 2 bridgehead atoms. The second-order valence-corrected chi connectivity index (χ2v) is 14.5. The summed E-state index contributed by atoms with van der Waals surface area (Å²) in [5.74, 6) is -1.29. The summed E-state index contributed by atoms with van der Waals surface area (Å²) in [6, 6.07) is 0. The maximum absolute atomic E-state index is 13.5. The van der Waals surface area contributed by atoms with Gasteiger partial charge in [-0.15, -0.1) is 0 Å². The van der Waals surface area contributed by atoms with Crippen molar-refractivity contribution in [3.05, 3.63) is 12.2 Å². The average Bonchev–Trinajstić information content (AvgIpc) is 3.38. The number of hydrogen-bond donors (Lipinski definition) is 2. The number of ether oxygens (including phenoxy) is 3. The maximum Gasteiger partial charge on any atom is 0.338 e. The molecular formula is C30H40O8. The molecule has 2 saturated heterocycles. The van der Waals surface area contributed by atoms with E-state index in [1.165, 1.54) is 13.8 Å². The van der Waals surface area contributed by atoms with E-state index in [2.05, 4.69) is 6.92 Å². The van der Waals surface area contributed by atoms with E-state index in [1.54, 1.807) is 6.08 Å². The molecule has 7 aliphatic rings. The number of allylic oxidation sites excluding steroid dienone is 1. The lowest BCUT2D eigenvalue weighted by Gasteiger charge is -2.60. The number of fused-ring (bicyclic) bond motifs is 6. The van der Waals surface area contributed by atoms with Crippen LogP contribution in [0, 0.1) is 39.9 Å². The molecule has 0 aromatic heterocycles. The molecule has 0 unspecified atom stereocenters. The second kappa shape index (κ2) is 7.10. The van der Waals surface area contributed by atoms with Crippen molar-refractivity contribution in [2.24, 2.45) is 39.9 Å². The Hall–Kier alpha value is -1.77. The molecule has 2 aliphatic heterocycles. The number of carbonyl (C=O) groups is 3. The van der Waals surface area contributed by atoms with Crippen molar-refractivity contribution in [3.8, 4) is 0 Å². The fraction of sp³-hybridized carbons (Fsp3) is 0.833. The molecule has 2 N–H and O–H groups in total. The Morgan fingerprint density at radius 3 is 2.45 bits per heavy atom. The van der Waals surface area contributed by atoms with Gasteiger partial charge >= 0.3 is 11.9 Å². The van der Waals surface area contributed by atoms with Crippen LogP contribution in [0.1, 0.15) is 79.6 Å². The smallest absolute Gasteiger partial charge is 0.338 e. The molecule has 5 aliphatic carbocycles. The molecule has 4 saturated carbocycles. The molecule has 1 spiro atoms. The Labute approximate surface area is 223 Å². The molecular weight excluding hydrogens is 488 g/mol. The number of rotatable bonds is 2. The predicted molar refractivity (Wildman–Crippen MR) is 133 cm³/mol. The summed E-state index contributed by atoms with van der Waals surface area (Å²) in [6.45, 7) is 9.09. The van der Waals surface area contributed by atoms with Crippen molar-refractivity contribution >= 4 is 17.7 Å². The Morgan fingerprint density at radius 1 is 1.03 bits per heavy atom.